The molecule has 0 aromatic carbocycles. The third-order valence-electron chi connectivity index (χ3n) is 4.65. The highest BCUT2D eigenvalue weighted by atomic mass is 16.5. The van der Waals surface area contributed by atoms with Gasteiger partial charge in [0.15, 0.2) is 0 Å². The van der Waals surface area contributed by atoms with Gasteiger partial charge in [-0.25, -0.2) is 0 Å². The summed E-state index contributed by atoms with van der Waals surface area (Å²) < 4.78 is 5.32. The Morgan fingerprint density at radius 2 is 1.71 bits per heavy atom. The molecule has 0 atom stereocenters. The molecule has 5 heteroatoms. The van der Waals surface area contributed by atoms with Crippen molar-refractivity contribution in [2.45, 2.75) is 45.6 Å². The van der Waals surface area contributed by atoms with Gasteiger partial charge in [0.05, 0.1) is 5.54 Å². The fourth-order valence-corrected chi connectivity index (χ4v) is 2.93. The number of piperazine rings is 1. The van der Waals surface area contributed by atoms with Gasteiger partial charge in [-0.05, 0) is 31.2 Å². The van der Waals surface area contributed by atoms with Crippen LogP contribution in [0.3, 0.4) is 0 Å². The predicted molar refractivity (Wildman–Crippen MR) is 84.1 cm³/mol. The minimum absolute atomic E-state index is 0.126. The van der Waals surface area contributed by atoms with E-state index in [0.717, 1.165) is 32.7 Å². The van der Waals surface area contributed by atoms with Crippen LogP contribution in [0.15, 0.2) is 0 Å². The summed E-state index contributed by atoms with van der Waals surface area (Å²) in [6.07, 6.45) is 2.49. The maximum absolute atomic E-state index is 12.6. The summed E-state index contributed by atoms with van der Waals surface area (Å²) in [6.45, 7) is 12.7. The Morgan fingerprint density at radius 3 is 2.24 bits per heavy atom. The third-order valence-corrected chi connectivity index (χ3v) is 4.65. The molecular formula is C16H31N3O2. The van der Waals surface area contributed by atoms with Crippen LogP contribution in [0, 0.1) is 5.41 Å². The van der Waals surface area contributed by atoms with Gasteiger partial charge in [-0.2, -0.15) is 0 Å². The average Bonchev–Trinajstić information content (AvgIpc) is 2.45. The molecule has 122 valence electrons. The first-order valence-electron chi connectivity index (χ1n) is 8.19. The zero-order chi connectivity index (χ0) is 15.5. The predicted octanol–water partition coefficient (Wildman–Crippen LogP) is 1.07. The van der Waals surface area contributed by atoms with E-state index >= 15 is 0 Å². The molecule has 0 saturated carbocycles. The second-order valence-corrected chi connectivity index (χ2v) is 7.71. The van der Waals surface area contributed by atoms with Crippen LogP contribution in [0.2, 0.25) is 0 Å². The van der Waals surface area contributed by atoms with Crippen LogP contribution in [-0.4, -0.2) is 67.2 Å². The molecule has 0 spiro atoms. The Bertz CT molecular complexity index is 351. The lowest BCUT2D eigenvalue weighted by Gasteiger charge is -2.41. The molecule has 2 rings (SSSR count). The summed E-state index contributed by atoms with van der Waals surface area (Å²) in [5, 5.41) is 0. The monoisotopic (exact) mass is 297 g/mol. The Balaban J connectivity index is 1.79. The second-order valence-electron chi connectivity index (χ2n) is 7.71. The summed E-state index contributed by atoms with van der Waals surface area (Å²) in [6, 6.07) is 0. The van der Waals surface area contributed by atoms with E-state index in [-0.39, 0.29) is 5.91 Å². The number of nitrogens with zero attached hydrogens (tertiary/aromatic N) is 2. The fraction of sp³-hybridized carbons (Fsp3) is 0.938. The Hall–Kier alpha value is -0.650. The third kappa shape index (κ3) is 4.66. The normalized spacial score (nSPS) is 24.1. The first-order valence-corrected chi connectivity index (χ1v) is 8.19. The van der Waals surface area contributed by atoms with Gasteiger partial charge < -0.3 is 15.4 Å². The maximum atomic E-state index is 12.6. The summed E-state index contributed by atoms with van der Waals surface area (Å²) in [5.41, 5.74) is 5.98. The molecule has 0 bridgehead atoms. The first-order chi connectivity index (χ1) is 9.80. The molecule has 5 nitrogen and oxygen atoms in total. The van der Waals surface area contributed by atoms with E-state index in [1.165, 1.54) is 6.42 Å². The van der Waals surface area contributed by atoms with Crippen molar-refractivity contribution in [3.8, 4) is 0 Å². The van der Waals surface area contributed by atoms with E-state index in [1.807, 2.05) is 4.90 Å². The molecular weight excluding hydrogens is 266 g/mol. The van der Waals surface area contributed by atoms with Crippen molar-refractivity contribution < 1.29 is 9.53 Å². The van der Waals surface area contributed by atoms with E-state index < -0.39 is 5.54 Å². The van der Waals surface area contributed by atoms with Gasteiger partial charge in [-0.3, -0.25) is 9.69 Å². The quantitative estimate of drug-likeness (QED) is 0.847. The number of ether oxygens (including phenoxy) is 1. The van der Waals surface area contributed by atoms with Crippen LogP contribution >= 0.6 is 0 Å². The van der Waals surface area contributed by atoms with E-state index in [2.05, 4.69) is 25.7 Å². The highest BCUT2D eigenvalue weighted by molar-refractivity contribution is 5.86. The molecule has 2 N–H and O–H groups in total. The molecule has 2 aliphatic rings. The lowest BCUT2D eigenvalue weighted by molar-refractivity contribution is -0.142. The van der Waals surface area contributed by atoms with Gasteiger partial charge in [0, 0.05) is 39.4 Å². The molecule has 0 unspecified atom stereocenters. The summed E-state index contributed by atoms with van der Waals surface area (Å²) in [4.78, 5) is 17.0. The van der Waals surface area contributed by atoms with Gasteiger partial charge in [0.1, 0.15) is 0 Å². The van der Waals surface area contributed by atoms with Crippen molar-refractivity contribution in [3.63, 3.8) is 0 Å². The smallest absolute Gasteiger partial charge is 0.242 e. The van der Waals surface area contributed by atoms with Gasteiger partial charge in [0.2, 0.25) is 5.91 Å². The van der Waals surface area contributed by atoms with Crippen LogP contribution in [0.1, 0.15) is 40.0 Å². The van der Waals surface area contributed by atoms with Crippen molar-refractivity contribution in [1.82, 2.24) is 9.80 Å². The second kappa shape index (κ2) is 6.63. The summed E-state index contributed by atoms with van der Waals surface area (Å²) in [7, 11) is 0. The molecule has 0 aromatic rings. The number of hydrogen-bond acceptors (Lipinski definition) is 4. The number of nitrogens with two attached hydrogens (primary N) is 1. The van der Waals surface area contributed by atoms with Crippen LogP contribution < -0.4 is 5.73 Å². The largest absolute Gasteiger partial charge is 0.381 e. The highest BCUT2D eigenvalue weighted by Crippen LogP contribution is 2.22. The van der Waals surface area contributed by atoms with Crippen molar-refractivity contribution in [1.29, 1.82) is 0 Å². The maximum Gasteiger partial charge on any atom is 0.242 e. The van der Waals surface area contributed by atoms with Crippen molar-refractivity contribution >= 4 is 5.91 Å². The number of carbonyl (C=O) groups is 1. The SMILES string of the molecule is CC(C)(C)CCN1CCN(C(=O)C2(N)CCOCC2)CC1. The zero-order valence-electron chi connectivity index (χ0n) is 13.9. The Kier molecular flexibility index (Phi) is 5.28. The Labute approximate surface area is 128 Å². The van der Waals surface area contributed by atoms with Crippen molar-refractivity contribution in [3.05, 3.63) is 0 Å². The minimum atomic E-state index is -0.689. The van der Waals surface area contributed by atoms with Crippen LogP contribution in [-0.2, 0) is 9.53 Å². The molecule has 0 aliphatic carbocycles. The zero-order valence-corrected chi connectivity index (χ0v) is 13.9. The number of amides is 1. The molecule has 0 aromatic heterocycles. The van der Waals surface area contributed by atoms with Crippen LogP contribution in [0.25, 0.3) is 0 Å². The molecule has 2 heterocycles. The summed E-state index contributed by atoms with van der Waals surface area (Å²) >= 11 is 0. The first kappa shape index (κ1) is 16.7. The van der Waals surface area contributed by atoms with E-state index in [1.54, 1.807) is 0 Å². The van der Waals surface area contributed by atoms with E-state index in [4.69, 9.17) is 10.5 Å². The lowest BCUT2D eigenvalue weighted by atomic mass is 9.89. The van der Waals surface area contributed by atoms with Gasteiger partial charge in [0.25, 0.3) is 0 Å². The minimum Gasteiger partial charge on any atom is -0.381 e. The standard InChI is InChI=1S/C16H31N3O2/c1-15(2,3)4-7-18-8-10-19(11-9-18)14(20)16(17)5-12-21-13-6-16/h4-13,17H2,1-3H3. The molecule has 1 amide bonds. The molecule has 2 fully saturated rings. The van der Waals surface area contributed by atoms with Crippen molar-refractivity contribution in [2.75, 3.05) is 45.9 Å². The fourth-order valence-electron chi connectivity index (χ4n) is 2.93. The van der Waals surface area contributed by atoms with Crippen LogP contribution in [0.5, 0.6) is 0 Å². The average molecular weight is 297 g/mol. The van der Waals surface area contributed by atoms with Gasteiger partial charge in [-0.1, -0.05) is 20.8 Å². The highest BCUT2D eigenvalue weighted by Gasteiger charge is 2.39. The lowest BCUT2D eigenvalue weighted by Crippen LogP contribution is -2.61. The summed E-state index contributed by atoms with van der Waals surface area (Å²) in [5.74, 6) is 0.126. The topological polar surface area (TPSA) is 58.8 Å². The van der Waals surface area contributed by atoms with Crippen LogP contribution in [0.4, 0.5) is 0 Å². The molecule has 2 saturated heterocycles. The molecule has 21 heavy (non-hydrogen) atoms. The molecule has 0 radical (unpaired) electrons. The molecule has 2 aliphatic heterocycles. The van der Waals surface area contributed by atoms with Gasteiger partial charge in [-0.15, -0.1) is 0 Å². The number of hydrogen-bond donors (Lipinski definition) is 1. The number of rotatable bonds is 3. The van der Waals surface area contributed by atoms with Gasteiger partial charge >= 0.3 is 0 Å². The van der Waals surface area contributed by atoms with Crippen molar-refractivity contribution in [2.24, 2.45) is 11.1 Å². The Morgan fingerprint density at radius 1 is 1.14 bits per heavy atom. The van der Waals surface area contributed by atoms with E-state index in [9.17, 15) is 4.79 Å². The van der Waals surface area contributed by atoms with E-state index in [0.29, 0.717) is 31.5 Å². The number of carbonyl (C=O) groups excluding carboxylic acids is 1.